The molecule has 0 N–H and O–H groups in total. The van der Waals surface area contributed by atoms with Gasteiger partial charge in [-0.25, -0.2) is 0 Å². The number of hydrogen-bond acceptors (Lipinski definition) is 9. The Balaban J connectivity index is 1.96. The summed E-state index contributed by atoms with van der Waals surface area (Å²) in [5, 5.41) is 9.54. The van der Waals surface area contributed by atoms with Crippen LogP contribution in [-0.2, 0) is 9.59 Å². The number of benzene rings is 2. The molecular weight excluding hydrogens is 528 g/mol. The number of thioether (sulfide) groups is 1. The summed E-state index contributed by atoms with van der Waals surface area (Å²) in [6.45, 7) is 5.56. The lowest BCUT2D eigenvalue weighted by Gasteiger charge is -2.31. The van der Waals surface area contributed by atoms with Gasteiger partial charge in [-0.15, -0.1) is 10.2 Å². The number of carbonyl (C=O) groups excluding carboxylic acids is 2. The van der Waals surface area contributed by atoms with Crippen LogP contribution in [0.3, 0.4) is 0 Å². The van der Waals surface area contributed by atoms with E-state index in [9.17, 15) is 9.59 Å². The maximum Gasteiger partial charge on any atom is 0.311 e. The molecule has 38 heavy (non-hydrogen) atoms. The third-order valence-corrected chi connectivity index (χ3v) is 6.99. The van der Waals surface area contributed by atoms with E-state index in [1.807, 2.05) is 18.2 Å². The number of methoxy groups -OCH3 is 1. The highest BCUT2D eigenvalue weighted by molar-refractivity contribution is 7.99. The third kappa shape index (κ3) is 5.71. The molecule has 3 aromatic rings. The summed E-state index contributed by atoms with van der Waals surface area (Å²) in [7, 11) is 1.45. The van der Waals surface area contributed by atoms with Gasteiger partial charge >= 0.3 is 5.97 Å². The number of esters is 1. The molecule has 4 rings (SSSR count). The summed E-state index contributed by atoms with van der Waals surface area (Å²) in [5.74, 6) is 0.676. The largest absolute Gasteiger partial charge is 0.493 e. The Labute approximate surface area is 230 Å². The monoisotopic (exact) mass is 556 g/mol. The highest BCUT2D eigenvalue weighted by Gasteiger charge is 2.38. The van der Waals surface area contributed by atoms with Crippen molar-refractivity contribution in [3.05, 3.63) is 47.0 Å². The first-order valence-electron chi connectivity index (χ1n) is 12.4. The van der Waals surface area contributed by atoms with Gasteiger partial charge in [-0.3, -0.25) is 14.5 Å². The van der Waals surface area contributed by atoms with Crippen molar-refractivity contribution in [3.8, 4) is 28.6 Å². The van der Waals surface area contributed by atoms with E-state index in [-0.39, 0.29) is 36.1 Å². The number of amides is 1. The number of halogens is 1. The predicted octanol–water partition coefficient (Wildman–Crippen LogP) is 6.24. The molecule has 1 aromatic heterocycles. The first kappa shape index (κ1) is 27.7. The van der Waals surface area contributed by atoms with Crippen molar-refractivity contribution in [2.24, 2.45) is 0 Å². The van der Waals surface area contributed by atoms with Crippen LogP contribution in [0, 0.1) is 0 Å². The number of unbranched alkanes of at least 4 members (excludes halogenated alkanes) is 1. The molecular formula is C27H29ClN4O5S. The molecule has 1 atom stereocenters. The van der Waals surface area contributed by atoms with Gasteiger partial charge in [0.25, 0.3) is 0 Å². The van der Waals surface area contributed by atoms with Crippen molar-refractivity contribution in [2.75, 3.05) is 17.8 Å². The van der Waals surface area contributed by atoms with Crippen LogP contribution < -0.4 is 19.1 Å². The fourth-order valence-electron chi connectivity index (χ4n) is 3.94. The van der Waals surface area contributed by atoms with Gasteiger partial charge in [0.05, 0.1) is 18.4 Å². The maximum atomic E-state index is 13.5. The summed E-state index contributed by atoms with van der Waals surface area (Å²) in [6, 6.07) is 10.5. The van der Waals surface area contributed by atoms with Crippen LogP contribution in [0.25, 0.3) is 11.3 Å². The quantitative estimate of drug-likeness (QED) is 0.131. The molecule has 0 bridgehead atoms. The molecule has 0 saturated heterocycles. The van der Waals surface area contributed by atoms with Gasteiger partial charge in [0.1, 0.15) is 0 Å². The van der Waals surface area contributed by atoms with Crippen LogP contribution in [0.4, 0.5) is 5.69 Å². The van der Waals surface area contributed by atoms with Gasteiger partial charge in [-0.05, 0) is 18.6 Å². The lowest BCUT2D eigenvalue weighted by molar-refractivity contribution is -0.134. The smallest absolute Gasteiger partial charge is 0.311 e. The minimum absolute atomic E-state index is 0.114. The second kappa shape index (κ2) is 12.4. The van der Waals surface area contributed by atoms with Crippen molar-refractivity contribution >= 4 is 40.9 Å². The van der Waals surface area contributed by atoms with Crippen molar-refractivity contribution in [1.29, 1.82) is 0 Å². The molecule has 1 unspecified atom stereocenters. The van der Waals surface area contributed by atoms with Crippen molar-refractivity contribution < 1.29 is 23.8 Å². The van der Waals surface area contributed by atoms with E-state index in [1.54, 1.807) is 32.0 Å². The molecule has 0 radical (unpaired) electrons. The van der Waals surface area contributed by atoms with E-state index < -0.39 is 12.2 Å². The summed E-state index contributed by atoms with van der Waals surface area (Å²) < 4.78 is 17.7. The highest BCUT2D eigenvalue weighted by atomic mass is 35.5. The SMILES string of the molecule is CCCCSc1nnc2c(n1)OC(c1cc(Cl)cc(OC)c1OC(=O)CC)N(C(=O)CC)c1ccccc1-2. The number of anilines is 1. The Morgan fingerprint density at radius 2 is 1.92 bits per heavy atom. The average molecular weight is 557 g/mol. The van der Waals surface area contributed by atoms with Gasteiger partial charge in [-0.2, -0.15) is 4.98 Å². The number of para-hydroxylation sites is 1. The van der Waals surface area contributed by atoms with E-state index in [2.05, 4.69) is 22.1 Å². The zero-order valence-electron chi connectivity index (χ0n) is 21.7. The lowest BCUT2D eigenvalue weighted by Crippen LogP contribution is -2.37. The lowest BCUT2D eigenvalue weighted by atomic mass is 10.1. The number of fused-ring (bicyclic) bond motifs is 3. The zero-order valence-corrected chi connectivity index (χ0v) is 23.3. The first-order chi connectivity index (χ1) is 18.4. The number of carbonyl (C=O) groups is 2. The molecule has 1 amide bonds. The summed E-state index contributed by atoms with van der Waals surface area (Å²) in [4.78, 5) is 32.1. The zero-order chi connectivity index (χ0) is 27.2. The van der Waals surface area contributed by atoms with Gasteiger partial charge < -0.3 is 14.2 Å². The topological polar surface area (TPSA) is 104 Å². The predicted molar refractivity (Wildman–Crippen MR) is 146 cm³/mol. The summed E-state index contributed by atoms with van der Waals surface area (Å²) in [6.07, 6.45) is 1.27. The minimum Gasteiger partial charge on any atom is -0.493 e. The Bertz CT molecular complexity index is 1340. The molecule has 0 saturated carbocycles. The Kier molecular flexibility index (Phi) is 9.06. The number of ether oxygens (including phenoxy) is 3. The maximum absolute atomic E-state index is 13.5. The Morgan fingerprint density at radius 3 is 2.63 bits per heavy atom. The molecule has 2 aromatic carbocycles. The summed E-state index contributed by atoms with van der Waals surface area (Å²) >= 11 is 7.95. The van der Waals surface area contributed by atoms with E-state index >= 15 is 0 Å². The van der Waals surface area contributed by atoms with Crippen LogP contribution in [0.1, 0.15) is 58.2 Å². The number of aromatic nitrogens is 3. The fraction of sp³-hybridized carbons (Fsp3) is 0.370. The highest BCUT2D eigenvalue weighted by Crippen LogP contribution is 2.47. The third-order valence-electron chi connectivity index (χ3n) is 5.85. The Hall–Kier alpha value is -3.37. The van der Waals surface area contributed by atoms with E-state index in [0.29, 0.717) is 32.7 Å². The normalized spacial score (nSPS) is 14.1. The van der Waals surface area contributed by atoms with Crippen molar-refractivity contribution in [2.45, 2.75) is 57.8 Å². The second-order valence-corrected chi connectivity index (χ2v) is 9.91. The number of hydrogen-bond donors (Lipinski definition) is 0. The molecule has 200 valence electrons. The van der Waals surface area contributed by atoms with E-state index in [1.165, 1.54) is 23.8 Å². The molecule has 0 aliphatic carbocycles. The van der Waals surface area contributed by atoms with E-state index in [0.717, 1.165) is 18.6 Å². The van der Waals surface area contributed by atoms with Crippen LogP contribution in [-0.4, -0.2) is 39.9 Å². The molecule has 0 spiro atoms. The van der Waals surface area contributed by atoms with Gasteiger partial charge in [-0.1, -0.05) is 68.8 Å². The van der Waals surface area contributed by atoms with E-state index in [4.69, 9.17) is 25.8 Å². The summed E-state index contributed by atoms with van der Waals surface area (Å²) in [5.41, 5.74) is 1.92. The number of nitrogens with zero attached hydrogens (tertiary/aromatic N) is 4. The standard InChI is InChI=1S/C27H29ClN4O5S/c1-5-8-13-38-27-29-25-23(30-31-27)17-11-9-10-12-19(17)32(21(33)6-2)26(37-25)18-14-16(28)15-20(35-4)24(18)36-22(34)7-3/h9-12,14-15,26H,5-8,13H2,1-4H3. The van der Waals surface area contributed by atoms with Crippen molar-refractivity contribution in [1.82, 2.24) is 15.2 Å². The second-order valence-electron chi connectivity index (χ2n) is 8.41. The molecule has 9 nitrogen and oxygen atoms in total. The van der Waals surface area contributed by atoms with Crippen LogP contribution in [0.5, 0.6) is 17.4 Å². The van der Waals surface area contributed by atoms with Crippen LogP contribution >= 0.6 is 23.4 Å². The molecule has 2 heterocycles. The van der Waals surface area contributed by atoms with Crippen molar-refractivity contribution in [3.63, 3.8) is 0 Å². The Morgan fingerprint density at radius 1 is 1.13 bits per heavy atom. The van der Waals surface area contributed by atoms with Gasteiger partial charge in [0, 0.05) is 35.2 Å². The molecule has 1 aliphatic heterocycles. The minimum atomic E-state index is -1.10. The first-order valence-corrected chi connectivity index (χ1v) is 13.8. The van der Waals surface area contributed by atoms with Crippen LogP contribution in [0.2, 0.25) is 5.02 Å². The van der Waals surface area contributed by atoms with Crippen LogP contribution in [0.15, 0.2) is 41.6 Å². The van der Waals surface area contributed by atoms with Gasteiger partial charge in [0.2, 0.25) is 23.2 Å². The van der Waals surface area contributed by atoms with Gasteiger partial charge in [0.15, 0.2) is 17.2 Å². The fourth-order valence-corrected chi connectivity index (χ4v) is 5.02. The average Bonchev–Trinajstić information content (AvgIpc) is 3.07. The molecule has 1 aliphatic rings. The molecule has 11 heteroatoms. The number of rotatable bonds is 9. The molecule has 0 fully saturated rings.